The summed E-state index contributed by atoms with van der Waals surface area (Å²) in [7, 11) is 0. The number of benzene rings is 1. The molecule has 0 saturated heterocycles. The molecule has 2 aromatic rings. The number of amides is 1. The lowest BCUT2D eigenvalue weighted by Gasteiger charge is -2.10. The Morgan fingerprint density at radius 3 is 2.67 bits per heavy atom. The van der Waals surface area contributed by atoms with Gasteiger partial charge in [0.25, 0.3) is 5.91 Å². The molecule has 0 unspecified atom stereocenters. The van der Waals surface area contributed by atoms with Crippen LogP contribution in [0.2, 0.25) is 0 Å². The highest BCUT2D eigenvalue weighted by atomic mass is 16.5. The van der Waals surface area contributed by atoms with Crippen molar-refractivity contribution in [2.75, 3.05) is 23.8 Å². The maximum atomic E-state index is 12.4. The summed E-state index contributed by atoms with van der Waals surface area (Å²) in [6.07, 6.45) is 4.81. The SMILES string of the molecule is O=C(Nc1ccc2c(c1)OCCCO2)c1ccc(NC2CC2)nc1. The summed E-state index contributed by atoms with van der Waals surface area (Å²) in [5.74, 6) is 1.98. The summed E-state index contributed by atoms with van der Waals surface area (Å²) in [5.41, 5.74) is 1.19. The first-order valence-electron chi connectivity index (χ1n) is 8.21. The minimum atomic E-state index is -0.199. The highest BCUT2D eigenvalue weighted by molar-refractivity contribution is 6.04. The second-order valence-electron chi connectivity index (χ2n) is 6.02. The van der Waals surface area contributed by atoms with Gasteiger partial charge in [0.1, 0.15) is 5.82 Å². The molecule has 1 aliphatic carbocycles. The van der Waals surface area contributed by atoms with Crippen molar-refractivity contribution in [1.82, 2.24) is 4.98 Å². The molecule has 0 atom stereocenters. The lowest BCUT2D eigenvalue weighted by molar-refractivity contribution is 0.102. The van der Waals surface area contributed by atoms with Crippen LogP contribution in [-0.2, 0) is 0 Å². The van der Waals surface area contributed by atoms with Gasteiger partial charge in [-0.15, -0.1) is 0 Å². The van der Waals surface area contributed by atoms with Gasteiger partial charge < -0.3 is 20.1 Å². The van der Waals surface area contributed by atoms with Crippen LogP contribution in [0.25, 0.3) is 0 Å². The highest BCUT2D eigenvalue weighted by Crippen LogP contribution is 2.32. The van der Waals surface area contributed by atoms with Gasteiger partial charge in [-0.25, -0.2) is 4.98 Å². The minimum Gasteiger partial charge on any atom is -0.490 e. The summed E-state index contributed by atoms with van der Waals surface area (Å²) in [6, 6.07) is 9.56. The number of aromatic nitrogens is 1. The molecule has 1 aliphatic heterocycles. The number of pyridine rings is 1. The van der Waals surface area contributed by atoms with Gasteiger partial charge in [-0.2, -0.15) is 0 Å². The molecule has 2 aliphatic rings. The maximum absolute atomic E-state index is 12.4. The Kier molecular flexibility index (Phi) is 3.94. The van der Waals surface area contributed by atoms with Crippen molar-refractivity contribution >= 4 is 17.4 Å². The van der Waals surface area contributed by atoms with E-state index in [1.165, 1.54) is 12.8 Å². The summed E-state index contributed by atoms with van der Waals surface area (Å²) in [6.45, 7) is 1.26. The van der Waals surface area contributed by atoms with Crippen molar-refractivity contribution < 1.29 is 14.3 Å². The van der Waals surface area contributed by atoms with E-state index in [4.69, 9.17) is 9.47 Å². The van der Waals surface area contributed by atoms with Crippen LogP contribution in [0.15, 0.2) is 36.5 Å². The van der Waals surface area contributed by atoms with Gasteiger partial charge in [-0.05, 0) is 37.1 Å². The van der Waals surface area contributed by atoms with E-state index < -0.39 is 0 Å². The third-order valence-electron chi connectivity index (χ3n) is 3.96. The van der Waals surface area contributed by atoms with Gasteiger partial charge in [0.2, 0.25) is 0 Å². The molecule has 0 radical (unpaired) electrons. The number of fused-ring (bicyclic) bond motifs is 1. The van der Waals surface area contributed by atoms with Crippen molar-refractivity contribution in [2.24, 2.45) is 0 Å². The van der Waals surface area contributed by atoms with Crippen LogP contribution in [-0.4, -0.2) is 30.1 Å². The number of carbonyl (C=O) groups is 1. The van der Waals surface area contributed by atoms with E-state index in [0.29, 0.717) is 42.0 Å². The van der Waals surface area contributed by atoms with E-state index in [9.17, 15) is 4.79 Å². The second-order valence-corrected chi connectivity index (χ2v) is 6.02. The van der Waals surface area contributed by atoms with Crippen LogP contribution in [0.4, 0.5) is 11.5 Å². The molecule has 0 bridgehead atoms. The molecule has 24 heavy (non-hydrogen) atoms. The summed E-state index contributed by atoms with van der Waals surface area (Å²) in [4.78, 5) is 16.6. The Labute approximate surface area is 140 Å². The van der Waals surface area contributed by atoms with E-state index in [-0.39, 0.29) is 5.91 Å². The Balaban J connectivity index is 1.44. The van der Waals surface area contributed by atoms with Crippen LogP contribution >= 0.6 is 0 Å². The summed E-state index contributed by atoms with van der Waals surface area (Å²) >= 11 is 0. The number of nitrogens with one attached hydrogen (secondary N) is 2. The maximum Gasteiger partial charge on any atom is 0.257 e. The monoisotopic (exact) mass is 325 g/mol. The average molecular weight is 325 g/mol. The van der Waals surface area contributed by atoms with Crippen LogP contribution in [0.1, 0.15) is 29.6 Å². The van der Waals surface area contributed by atoms with Crippen LogP contribution < -0.4 is 20.1 Å². The van der Waals surface area contributed by atoms with Gasteiger partial charge in [0.15, 0.2) is 11.5 Å². The van der Waals surface area contributed by atoms with E-state index >= 15 is 0 Å². The normalized spacial score (nSPS) is 16.2. The number of carbonyl (C=O) groups excluding carboxylic acids is 1. The fourth-order valence-electron chi connectivity index (χ4n) is 2.49. The van der Waals surface area contributed by atoms with E-state index in [1.54, 1.807) is 18.3 Å². The fraction of sp³-hybridized carbons (Fsp3) is 0.333. The van der Waals surface area contributed by atoms with Gasteiger partial charge in [0.05, 0.1) is 18.8 Å². The molecular weight excluding hydrogens is 306 g/mol. The van der Waals surface area contributed by atoms with E-state index in [2.05, 4.69) is 15.6 Å². The number of hydrogen-bond donors (Lipinski definition) is 2. The second kappa shape index (κ2) is 6.39. The van der Waals surface area contributed by atoms with Gasteiger partial charge in [-0.3, -0.25) is 4.79 Å². The Hall–Kier alpha value is -2.76. The van der Waals surface area contributed by atoms with E-state index in [0.717, 1.165) is 12.2 Å². The third kappa shape index (κ3) is 3.42. The Morgan fingerprint density at radius 2 is 1.92 bits per heavy atom. The lowest BCUT2D eigenvalue weighted by atomic mass is 10.2. The lowest BCUT2D eigenvalue weighted by Crippen LogP contribution is -2.13. The molecule has 1 aromatic carbocycles. The first-order valence-corrected chi connectivity index (χ1v) is 8.21. The molecule has 2 N–H and O–H groups in total. The molecule has 1 saturated carbocycles. The summed E-state index contributed by atoms with van der Waals surface area (Å²) in [5, 5.41) is 6.16. The topological polar surface area (TPSA) is 72.5 Å². The zero-order valence-electron chi connectivity index (χ0n) is 13.2. The Morgan fingerprint density at radius 1 is 1.08 bits per heavy atom. The number of anilines is 2. The Bertz CT molecular complexity index is 742. The van der Waals surface area contributed by atoms with Crippen molar-refractivity contribution in [1.29, 1.82) is 0 Å². The number of ether oxygens (including phenoxy) is 2. The standard InChI is InChI=1S/C18H19N3O3/c22-18(12-2-7-17(19-11-12)20-13-3-4-13)21-14-5-6-15-16(10-14)24-9-1-8-23-15/h2,5-7,10-11,13H,1,3-4,8-9H2,(H,19,20)(H,21,22). The minimum absolute atomic E-state index is 0.199. The highest BCUT2D eigenvalue weighted by Gasteiger charge is 2.21. The third-order valence-corrected chi connectivity index (χ3v) is 3.96. The molecule has 124 valence electrons. The molecule has 6 nitrogen and oxygen atoms in total. The van der Waals surface area contributed by atoms with Crippen molar-refractivity contribution in [3.05, 3.63) is 42.1 Å². The first kappa shape index (κ1) is 14.8. The van der Waals surface area contributed by atoms with Gasteiger partial charge in [0, 0.05) is 30.4 Å². The zero-order valence-corrected chi connectivity index (χ0v) is 13.2. The zero-order chi connectivity index (χ0) is 16.4. The van der Waals surface area contributed by atoms with Crippen molar-refractivity contribution in [3.8, 4) is 11.5 Å². The van der Waals surface area contributed by atoms with Crippen molar-refractivity contribution in [2.45, 2.75) is 25.3 Å². The number of rotatable bonds is 4. The predicted molar refractivity (Wildman–Crippen MR) is 90.9 cm³/mol. The van der Waals surface area contributed by atoms with Gasteiger partial charge >= 0.3 is 0 Å². The smallest absolute Gasteiger partial charge is 0.257 e. The molecule has 1 amide bonds. The van der Waals surface area contributed by atoms with Crippen LogP contribution in [0.3, 0.4) is 0 Å². The van der Waals surface area contributed by atoms with E-state index in [1.807, 2.05) is 18.2 Å². The quantitative estimate of drug-likeness (QED) is 0.904. The van der Waals surface area contributed by atoms with Crippen molar-refractivity contribution in [3.63, 3.8) is 0 Å². The first-order chi connectivity index (χ1) is 11.8. The average Bonchev–Trinajstić information content (AvgIpc) is 3.42. The molecule has 6 heteroatoms. The fourth-order valence-corrected chi connectivity index (χ4v) is 2.49. The number of nitrogens with zero attached hydrogens (tertiary/aromatic N) is 1. The molecule has 1 fully saturated rings. The molecule has 1 aromatic heterocycles. The molecular formula is C18H19N3O3. The van der Waals surface area contributed by atoms with Crippen LogP contribution in [0.5, 0.6) is 11.5 Å². The predicted octanol–water partition coefficient (Wildman–Crippen LogP) is 3.07. The molecule has 2 heterocycles. The largest absolute Gasteiger partial charge is 0.490 e. The molecule has 0 spiro atoms. The van der Waals surface area contributed by atoms with Gasteiger partial charge in [-0.1, -0.05) is 0 Å². The number of hydrogen-bond acceptors (Lipinski definition) is 5. The van der Waals surface area contributed by atoms with Crippen LogP contribution in [0, 0.1) is 0 Å². The molecule has 4 rings (SSSR count). The summed E-state index contributed by atoms with van der Waals surface area (Å²) < 4.78 is 11.2.